The van der Waals surface area contributed by atoms with Crippen molar-refractivity contribution in [3.05, 3.63) is 71.3 Å². The van der Waals surface area contributed by atoms with E-state index in [1.807, 2.05) is 55.5 Å². The first kappa shape index (κ1) is 21.9. The van der Waals surface area contributed by atoms with Gasteiger partial charge in [0.1, 0.15) is 5.75 Å². The number of carbonyl (C=O) groups is 1. The summed E-state index contributed by atoms with van der Waals surface area (Å²) in [5, 5.41) is 10.8. The number of benzene rings is 3. The summed E-state index contributed by atoms with van der Waals surface area (Å²) in [5.41, 5.74) is 4.32. The van der Waals surface area contributed by atoms with Gasteiger partial charge in [-0.15, -0.1) is 10.2 Å². The highest BCUT2D eigenvalue weighted by Gasteiger charge is 2.15. The minimum atomic E-state index is -0.00393. The Morgan fingerprint density at radius 3 is 2.56 bits per heavy atom. The third-order valence-electron chi connectivity index (χ3n) is 5.44. The lowest BCUT2D eigenvalue weighted by atomic mass is 10.1. The van der Waals surface area contributed by atoms with Crippen LogP contribution in [-0.4, -0.2) is 40.9 Å². The van der Waals surface area contributed by atoms with E-state index in [9.17, 15) is 4.79 Å². The lowest BCUT2D eigenvalue weighted by Crippen LogP contribution is -2.27. The molecule has 0 aliphatic carbocycles. The highest BCUT2D eigenvalue weighted by Crippen LogP contribution is 2.26. The molecule has 0 spiro atoms. The van der Waals surface area contributed by atoms with Crippen LogP contribution in [0.4, 0.5) is 0 Å². The van der Waals surface area contributed by atoms with Gasteiger partial charge in [0.2, 0.25) is 11.8 Å². The fourth-order valence-corrected chi connectivity index (χ4v) is 4.06. The van der Waals surface area contributed by atoms with E-state index in [1.54, 1.807) is 19.1 Å². The molecule has 0 N–H and O–H groups in total. The van der Waals surface area contributed by atoms with Crippen molar-refractivity contribution in [3.63, 3.8) is 0 Å². The Morgan fingerprint density at radius 2 is 1.78 bits per heavy atom. The maximum atomic E-state index is 12.6. The summed E-state index contributed by atoms with van der Waals surface area (Å²) in [6.07, 6.45) is 0. The van der Waals surface area contributed by atoms with Crippen LogP contribution in [-0.2, 0) is 11.3 Å². The summed E-state index contributed by atoms with van der Waals surface area (Å²) >= 11 is 1.25. The van der Waals surface area contributed by atoms with Gasteiger partial charge in [0.05, 0.1) is 12.9 Å². The molecule has 1 aromatic heterocycles. The summed E-state index contributed by atoms with van der Waals surface area (Å²) in [6, 6.07) is 18.2. The number of carbonyl (C=O) groups excluding carboxylic acids is 1. The molecule has 0 saturated heterocycles. The van der Waals surface area contributed by atoms with Gasteiger partial charge in [-0.3, -0.25) is 4.79 Å². The van der Waals surface area contributed by atoms with Crippen LogP contribution in [0.15, 0.2) is 64.2 Å². The van der Waals surface area contributed by atoms with E-state index in [4.69, 9.17) is 9.15 Å². The molecule has 1 heterocycles. The van der Waals surface area contributed by atoms with Crippen LogP contribution in [0.5, 0.6) is 5.75 Å². The van der Waals surface area contributed by atoms with E-state index in [-0.39, 0.29) is 11.7 Å². The maximum Gasteiger partial charge on any atom is 0.277 e. The number of rotatable bonds is 7. The summed E-state index contributed by atoms with van der Waals surface area (Å²) in [7, 11) is 3.46. The number of hydrogen-bond donors (Lipinski definition) is 0. The van der Waals surface area contributed by atoms with Crippen molar-refractivity contribution in [1.82, 2.24) is 15.1 Å². The van der Waals surface area contributed by atoms with E-state index in [0.717, 1.165) is 27.6 Å². The maximum absolute atomic E-state index is 12.6. The number of amides is 1. The van der Waals surface area contributed by atoms with Gasteiger partial charge in [-0.25, -0.2) is 0 Å². The van der Waals surface area contributed by atoms with Gasteiger partial charge in [-0.05, 0) is 71.6 Å². The molecule has 164 valence electrons. The standard InChI is InChI=1S/C25H25N3O3S/c1-16-5-7-21(11-17(16)2)24-26-27-25(31-24)32-15-23(29)28(3)14-18-6-8-20-13-22(30-4)10-9-19(20)12-18/h5-13H,14-15H2,1-4H3. The number of aromatic nitrogens is 2. The molecule has 0 bridgehead atoms. The Hall–Kier alpha value is -3.32. The normalized spacial score (nSPS) is 11.0. The van der Waals surface area contributed by atoms with E-state index >= 15 is 0 Å². The van der Waals surface area contributed by atoms with Crippen LogP contribution in [0, 0.1) is 13.8 Å². The molecule has 0 unspecified atom stereocenters. The first-order valence-corrected chi connectivity index (χ1v) is 11.3. The fraction of sp³-hybridized carbons (Fsp3) is 0.240. The molecule has 0 radical (unpaired) electrons. The molecular formula is C25H25N3O3S. The van der Waals surface area contributed by atoms with Crippen molar-refractivity contribution in [2.75, 3.05) is 19.9 Å². The molecule has 7 heteroatoms. The molecule has 32 heavy (non-hydrogen) atoms. The zero-order chi connectivity index (χ0) is 22.7. The molecule has 6 nitrogen and oxygen atoms in total. The fourth-order valence-electron chi connectivity index (χ4n) is 3.35. The molecule has 0 atom stereocenters. The van der Waals surface area contributed by atoms with Crippen molar-refractivity contribution in [3.8, 4) is 17.2 Å². The van der Waals surface area contributed by atoms with Gasteiger partial charge in [0.25, 0.3) is 5.22 Å². The number of aryl methyl sites for hydroxylation is 2. The van der Waals surface area contributed by atoms with Gasteiger partial charge in [0, 0.05) is 19.2 Å². The zero-order valence-corrected chi connectivity index (χ0v) is 19.4. The van der Waals surface area contributed by atoms with E-state index in [1.165, 1.54) is 22.9 Å². The van der Waals surface area contributed by atoms with Gasteiger partial charge in [-0.1, -0.05) is 36.0 Å². The Kier molecular flexibility index (Phi) is 6.46. The third-order valence-corrected chi connectivity index (χ3v) is 6.24. The number of hydrogen-bond acceptors (Lipinski definition) is 6. The zero-order valence-electron chi connectivity index (χ0n) is 18.6. The average Bonchev–Trinajstić information content (AvgIpc) is 3.28. The molecule has 1 amide bonds. The number of thioether (sulfide) groups is 1. The second-order valence-electron chi connectivity index (χ2n) is 7.76. The molecule has 4 aromatic rings. The van der Waals surface area contributed by atoms with Crippen LogP contribution in [0.3, 0.4) is 0 Å². The summed E-state index contributed by atoms with van der Waals surface area (Å²) in [6.45, 7) is 4.64. The lowest BCUT2D eigenvalue weighted by Gasteiger charge is -2.17. The van der Waals surface area contributed by atoms with Crippen LogP contribution < -0.4 is 4.74 Å². The second kappa shape index (κ2) is 9.44. The van der Waals surface area contributed by atoms with Crippen LogP contribution in [0.25, 0.3) is 22.2 Å². The van der Waals surface area contributed by atoms with Crippen molar-refractivity contribution in [2.24, 2.45) is 0 Å². The first-order valence-electron chi connectivity index (χ1n) is 10.3. The van der Waals surface area contributed by atoms with Gasteiger partial charge in [0.15, 0.2) is 0 Å². The topological polar surface area (TPSA) is 68.5 Å². The monoisotopic (exact) mass is 447 g/mol. The van der Waals surface area contributed by atoms with Crippen LogP contribution in [0.2, 0.25) is 0 Å². The SMILES string of the molecule is COc1ccc2cc(CN(C)C(=O)CSc3nnc(-c4ccc(C)c(C)c4)o3)ccc2c1. The Balaban J connectivity index is 1.35. The summed E-state index contributed by atoms with van der Waals surface area (Å²) in [5.74, 6) is 1.52. The van der Waals surface area contributed by atoms with E-state index in [0.29, 0.717) is 17.7 Å². The number of methoxy groups -OCH3 is 1. The number of ether oxygens (including phenoxy) is 1. The number of fused-ring (bicyclic) bond motifs is 1. The number of nitrogens with zero attached hydrogens (tertiary/aromatic N) is 3. The quantitative estimate of drug-likeness (QED) is 0.360. The van der Waals surface area contributed by atoms with Gasteiger partial charge >= 0.3 is 0 Å². The predicted molar refractivity (Wildman–Crippen MR) is 127 cm³/mol. The Bertz CT molecular complexity index is 1270. The Morgan fingerprint density at radius 1 is 1.00 bits per heavy atom. The average molecular weight is 448 g/mol. The smallest absolute Gasteiger partial charge is 0.277 e. The predicted octanol–water partition coefficient (Wildman–Crippen LogP) is 5.27. The van der Waals surface area contributed by atoms with Gasteiger partial charge < -0.3 is 14.1 Å². The molecule has 0 fully saturated rings. The molecular weight excluding hydrogens is 422 g/mol. The lowest BCUT2D eigenvalue weighted by molar-refractivity contribution is -0.127. The summed E-state index contributed by atoms with van der Waals surface area (Å²) in [4.78, 5) is 14.3. The van der Waals surface area contributed by atoms with Crippen molar-refractivity contribution < 1.29 is 13.9 Å². The molecule has 3 aromatic carbocycles. The minimum absolute atomic E-state index is 0.00393. The largest absolute Gasteiger partial charge is 0.497 e. The highest BCUT2D eigenvalue weighted by atomic mass is 32.2. The van der Waals surface area contributed by atoms with E-state index < -0.39 is 0 Å². The van der Waals surface area contributed by atoms with Crippen LogP contribution in [0.1, 0.15) is 16.7 Å². The third kappa shape index (κ3) is 4.94. The Labute approximate surface area is 191 Å². The summed E-state index contributed by atoms with van der Waals surface area (Å²) < 4.78 is 11.0. The second-order valence-corrected chi connectivity index (χ2v) is 8.68. The molecule has 0 aliphatic rings. The highest BCUT2D eigenvalue weighted by molar-refractivity contribution is 7.99. The minimum Gasteiger partial charge on any atom is -0.497 e. The van der Waals surface area contributed by atoms with Gasteiger partial charge in [-0.2, -0.15) is 0 Å². The molecule has 0 saturated carbocycles. The van der Waals surface area contributed by atoms with Crippen molar-refractivity contribution >= 4 is 28.4 Å². The van der Waals surface area contributed by atoms with Crippen molar-refractivity contribution in [2.45, 2.75) is 25.6 Å². The first-order chi connectivity index (χ1) is 15.4. The van der Waals surface area contributed by atoms with Crippen LogP contribution >= 0.6 is 11.8 Å². The molecule has 0 aliphatic heterocycles. The van der Waals surface area contributed by atoms with Crippen molar-refractivity contribution in [1.29, 1.82) is 0 Å². The molecule has 4 rings (SSSR count). The van der Waals surface area contributed by atoms with E-state index in [2.05, 4.69) is 23.2 Å².